The Bertz CT molecular complexity index is 990. The third kappa shape index (κ3) is 6.81. The SMILES string of the molecule is CC=C[C@H](CC(=O)O)c1ccc(OCc2cccc(C3=CCC4(CC3)OCCO4)c2)cc1.[NaH]. The van der Waals surface area contributed by atoms with Crippen molar-refractivity contribution < 1.29 is 24.1 Å². The Morgan fingerprint density at radius 1 is 1.18 bits per heavy atom. The van der Waals surface area contributed by atoms with E-state index in [1.54, 1.807) is 0 Å². The van der Waals surface area contributed by atoms with Crippen molar-refractivity contribution >= 4 is 41.1 Å². The van der Waals surface area contributed by atoms with Crippen molar-refractivity contribution in [1.82, 2.24) is 0 Å². The summed E-state index contributed by atoms with van der Waals surface area (Å²) in [6, 6.07) is 16.2. The summed E-state index contributed by atoms with van der Waals surface area (Å²) in [5.74, 6) is -0.568. The van der Waals surface area contributed by atoms with E-state index in [0.717, 1.165) is 36.1 Å². The van der Waals surface area contributed by atoms with Gasteiger partial charge in [0.1, 0.15) is 12.4 Å². The number of allylic oxidation sites excluding steroid dienone is 3. The van der Waals surface area contributed by atoms with Crippen molar-refractivity contribution in [2.45, 2.75) is 50.9 Å². The van der Waals surface area contributed by atoms with E-state index >= 15 is 0 Å². The van der Waals surface area contributed by atoms with Gasteiger partial charge in [-0.1, -0.05) is 48.6 Å². The number of hydrogen-bond acceptors (Lipinski definition) is 4. The molecule has 2 aromatic carbocycles. The second kappa shape index (κ2) is 12.0. The molecule has 1 saturated heterocycles. The van der Waals surface area contributed by atoms with Gasteiger partial charge < -0.3 is 19.3 Å². The first-order valence-corrected chi connectivity index (χ1v) is 11.2. The first-order chi connectivity index (χ1) is 15.6. The fourth-order valence-corrected chi connectivity index (χ4v) is 4.39. The van der Waals surface area contributed by atoms with Gasteiger partial charge in [0.05, 0.1) is 19.6 Å². The van der Waals surface area contributed by atoms with Crippen LogP contribution in [0.4, 0.5) is 0 Å². The standard InChI is InChI=1S/C27H30O5.Na.H/c1-2-4-23(18-26(28)29)21-7-9-25(10-8-21)30-19-20-5-3-6-24(17-20)22-11-13-27(14-12-22)31-15-16-32-27;;/h2-11,17,23H,12-16,18-19H2,1H3,(H,28,29);;/t23-;;/m1../s1. The average molecular weight is 459 g/mol. The fourth-order valence-electron chi connectivity index (χ4n) is 4.39. The summed E-state index contributed by atoms with van der Waals surface area (Å²) in [4.78, 5) is 11.1. The molecule has 0 unspecified atom stereocenters. The van der Waals surface area contributed by atoms with Gasteiger partial charge in [-0.2, -0.15) is 0 Å². The van der Waals surface area contributed by atoms with E-state index in [1.165, 1.54) is 11.1 Å². The van der Waals surface area contributed by atoms with Crippen LogP contribution in [-0.4, -0.2) is 59.6 Å². The molecule has 0 aromatic heterocycles. The van der Waals surface area contributed by atoms with E-state index in [2.05, 4.69) is 30.3 Å². The third-order valence-corrected chi connectivity index (χ3v) is 6.08. The first kappa shape index (κ1) is 25.7. The van der Waals surface area contributed by atoms with Gasteiger partial charge in [-0.05, 0) is 53.8 Å². The third-order valence-electron chi connectivity index (χ3n) is 6.08. The number of carboxylic acids is 1. The van der Waals surface area contributed by atoms with Gasteiger partial charge in [-0.15, -0.1) is 0 Å². The quantitative estimate of drug-likeness (QED) is 0.442. The Kier molecular flexibility index (Phi) is 9.36. The van der Waals surface area contributed by atoms with Gasteiger partial charge in [0.15, 0.2) is 5.79 Å². The molecule has 1 atom stereocenters. The molecule has 1 N–H and O–H groups in total. The monoisotopic (exact) mass is 458 g/mol. The zero-order valence-electron chi connectivity index (χ0n) is 18.5. The summed E-state index contributed by atoms with van der Waals surface area (Å²) >= 11 is 0. The topological polar surface area (TPSA) is 65.0 Å². The molecule has 0 amide bonds. The molecule has 33 heavy (non-hydrogen) atoms. The first-order valence-electron chi connectivity index (χ1n) is 11.2. The Morgan fingerprint density at radius 2 is 1.94 bits per heavy atom. The van der Waals surface area contributed by atoms with Gasteiger partial charge in [-0.3, -0.25) is 4.79 Å². The van der Waals surface area contributed by atoms with E-state index in [0.29, 0.717) is 19.8 Å². The molecule has 4 rings (SSSR count). The molecule has 1 heterocycles. The molecule has 0 bridgehead atoms. The summed E-state index contributed by atoms with van der Waals surface area (Å²) in [7, 11) is 0. The summed E-state index contributed by atoms with van der Waals surface area (Å²) in [6.45, 7) is 3.75. The molecule has 0 saturated carbocycles. The summed E-state index contributed by atoms with van der Waals surface area (Å²) < 4.78 is 17.6. The molecule has 5 nitrogen and oxygen atoms in total. The van der Waals surface area contributed by atoms with Crippen LogP contribution in [0.25, 0.3) is 5.57 Å². The average Bonchev–Trinajstić information content (AvgIpc) is 3.26. The molecule has 6 heteroatoms. The van der Waals surface area contributed by atoms with Crippen molar-refractivity contribution in [1.29, 1.82) is 0 Å². The van der Waals surface area contributed by atoms with Crippen LogP contribution >= 0.6 is 0 Å². The van der Waals surface area contributed by atoms with E-state index in [9.17, 15) is 4.79 Å². The van der Waals surface area contributed by atoms with Crippen molar-refractivity contribution in [3.63, 3.8) is 0 Å². The number of rotatable bonds is 8. The maximum atomic E-state index is 11.1. The molecule has 0 radical (unpaired) electrons. The predicted octanol–water partition coefficient (Wildman–Crippen LogP) is 5.06. The molecule has 1 aliphatic heterocycles. The molecule has 1 fully saturated rings. The maximum absolute atomic E-state index is 11.1. The molecule has 1 spiro atoms. The van der Waals surface area contributed by atoms with Crippen LogP contribution in [0, 0.1) is 0 Å². The molecule has 1 aliphatic carbocycles. The molecular formula is C27H31NaO5. The molecule has 2 aromatic rings. The number of hydrogen-bond donors (Lipinski definition) is 1. The van der Waals surface area contributed by atoms with Gasteiger partial charge in [0, 0.05) is 18.8 Å². The van der Waals surface area contributed by atoms with Crippen molar-refractivity contribution in [3.8, 4) is 5.75 Å². The fraction of sp³-hybridized carbons (Fsp3) is 0.370. The second-order valence-corrected chi connectivity index (χ2v) is 8.33. The van der Waals surface area contributed by atoms with Crippen molar-refractivity contribution in [2.24, 2.45) is 0 Å². The van der Waals surface area contributed by atoms with Gasteiger partial charge >= 0.3 is 35.5 Å². The predicted molar refractivity (Wildman–Crippen MR) is 131 cm³/mol. The number of aliphatic carboxylic acids is 1. The van der Waals surface area contributed by atoms with Crippen molar-refractivity contribution in [2.75, 3.05) is 13.2 Å². The summed E-state index contributed by atoms with van der Waals surface area (Å²) in [6.07, 6.45) is 8.75. The van der Waals surface area contributed by atoms with Crippen molar-refractivity contribution in [3.05, 3.63) is 83.4 Å². The van der Waals surface area contributed by atoms with E-state index in [4.69, 9.17) is 19.3 Å². The van der Waals surface area contributed by atoms with Crippen LogP contribution in [0.15, 0.2) is 66.8 Å². The van der Waals surface area contributed by atoms with Crippen LogP contribution in [0.1, 0.15) is 55.2 Å². The Hall–Kier alpha value is -1.89. The number of benzene rings is 2. The minimum absolute atomic E-state index is 0. The second-order valence-electron chi connectivity index (χ2n) is 8.33. The van der Waals surface area contributed by atoms with E-state index in [-0.39, 0.29) is 41.9 Å². The van der Waals surface area contributed by atoms with Crippen LogP contribution in [0.3, 0.4) is 0 Å². The zero-order chi connectivity index (χ0) is 22.4. The van der Waals surface area contributed by atoms with Crippen LogP contribution in [0.5, 0.6) is 5.75 Å². The van der Waals surface area contributed by atoms with Crippen LogP contribution < -0.4 is 4.74 Å². The van der Waals surface area contributed by atoms with E-state index in [1.807, 2.05) is 43.3 Å². The van der Waals surface area contributed by atoms with Crippen LogP contribution in [-0.2, 0) is 20.9 Å². The van der Waals surface area contributed by atoms with Gasteiger partial charge in [0.25, 0.3) is 0 Å². The molecule has 170 valence electrons. The number of ether oxygens (including phenoxy) is 3. The van der Waals surface area contributed by atoms with E-state index < -0.39 is 11.8 Å². The molecule has 2 aliphatic rings. The Balaban J connectivity index is 0.00000306. The van der Waals surface area contributed by atoms with Gasteiger partial charge in [0.2, 0.25) is 0 Å². The number of carboxylic acid groups (broad SMARTS) is 1. The summed E-state index contributed by atoms with van der Waals surface area (Å²) in [5.41, 5.74) is 4.63. The Labute approximate surface area is 217 Å². The normalized spacial score (nSPS) is 18.0. The van der Waals surface area contributed by atoms with Gasteiger partial charge in [-0.25, -0.2) is 0 Å². The summed E-state index contributed by atoms with van der Waals surface area (Å²) in [5, 5.41) is 9.13. The Morgan fingerprint density at radius 3 is 2.58 bits per heavy atom. The zero-order valence-corrected chi connectivity index (χ0v) is 18.5. The number of carbonyl (C=O) groups is 1. The van der Waals surface area contributed by atoms with Crippen LogP contribution in [0.2, 0.25) is 0 Å². The molecular weight excluding hydrogens is 427 g/mol. The minimum atomic E-state index is -0.806.